The van der Waals surface area contributed by atoms with Crippen LogP contribution >= 0.6 is 22.6 Å². The van der Waals surface area contributed by atoms with E-state index in [1.165, 1.54) is 6.92 Å². The highest BCUT2D eigenvalue weighted by atomic mass is 127. The van der Waals surface area contributed by atoms with Crippen molar-refractivity contribution in [2.24, 2.45) is 0 Å². The van der Waals surface area contributed by atoms with E-state index >= 15 is 0 Å². The second-order valence-corrected chi connectivity index (χ2v) is 3.45. The van der Waals surface area contributed by atoms with Crippen molar-refractivity contribution in [1.29, 1.82) is 0 Å². The Bertz CT molecular complexity index is 266. The van der Waals surface area contributed by atoms with Crippen LogP contribution in [0.25, 0.3) is 0 Å². The number of hydrogen-bond donors (Lipinski definition) is 2. The number of carboxylic acid groups (broad SMARTS) is 2. The molecule has 0 fully saturated rings. The SMILES string of the molecule is C/C(I)=C/C(=O)O.CC#CC(=O)O. The fraction of sp³-hybridized carbons (Fsp3) is 0.250. The lowest BCUT2D eigenvalue weighted by Gasteiger charge is -1.77. The first-order valence-corrected chi connectivity index (χ1v) is 4.20. The van der Waals surface area contributed by atoms with Gasteiger partial charge in [-0.25, -0.2) is 9.59 Å². The molecule has 0 aliphatic rings. The number of carboxylic acids is 2. The molecule has 13 heavy (non-hydrogen) atoms. The third-order valence-electron chi connectivity index (χ3n) is 0.554. The Morgan fingerprint density at radius 3 is 1.85 bits per heavy atom. The van der Waals surface area contributed by atoms with Gasteiger partial charge >= 0.3 is 11.9 Å². The van der Waals surface area contributed by atoms with Gasteiger partial charge in [0, 0.05) is 12.0 Å². The zero-order chi connectivity index (χ0) is 10.9. The topological polar surface area (TPSA) is 74.6 Å². The molecule has 0 radical (unpaired) electrons. The lowest BCUT2D eigenvalue weighted by atomic mass is 10.5. The predicted molar refractivity (Wildman–Crippen MR) is 56.5 cm³/mol. The molecule has 0 heterocycles. The molecule has 0 atom stereocenters. The van der Waals surface area contributed by atoms with Gasteiger partial charge in [0.15, 0.2) is 0 Å². The predicted octanol–water partition coefficient (Wildman–Crippen LogP) is 1.50. The molecule has 72 valence electrons. The Morgan fingerprint density at radius 2 is 1.85 bits per heavy atom. The Hall–Kier alpha value is -1.03. The van der Waals surface area contributed by atoms with Crippen molar-refractivity contribution in [3.05, 3.63) is 9.66 Å². The van der Waals surface area contributed by atoms with Gasteiger partial charge in [0.2, 0.25) is 0 Å². The second-order valence-electron chi connectivity index (χ2n) is 1.75. The Morgan fingerprint density at radius 1 is 1.38 bits per heavy atom. The van der Waals surface area contributed by atoms with Gasteiger partial charge in [0.1, 0.15) is 0 Å². The quantitative estimate of drug-likeness (QED) is 0.437. The zero-order valence-corrected chi connectivity index (χ0v) is 9.32. The number of allylic oxidation sites excluding steroid dienone is 1. The summed E-state index contributed by atoms with van der Waals surface area (Å²) in [6, 6.07) is 0. The van der Waals surface area contributed by atoms with Gasteiger partial charge in [-0.1, -0.05) is 5.92 Å². The van der Waals surface area contributed by atoms with E-state index < -0.39 is 11.9 Å². The van der Waals surface area contributed by atoms with Crippen molar-refractivity contribution >= 4 is 34.5 Å². The second kappa shape index (κ2) is 9.06. The summed E-state index contributed by atoms with van der Waals surface area (Å²) in [5.41, 5.74) is 0. The van der Waals surface area contributed by atoms with Crippen molar-refractivity contribution in [2.75, 3.05) is 0 Å². The van der Waals surface area contributed by atoms with Crippen molar-refractivity contribution in [1.82, 2.24) is 0 Å². The van der Waals surface area contributed by atoms with Gasteiger partial charge in [-0.05, 0) is 40.0 Å². The fourth-order valence-electron chi connectivity index (χ4n) is 0.277. The largest absolute Gasteiger partial charge is 0.478 e. The van der Waals surface area contributed by atoms with Crippen LogP contribution in [0.2, 0.25) is 0 Å². The van der Waals surface area contributed by atoms with Crippen LogP contribution in [-0.2, 0) is 9.59 Å². The first-order valence-electron chi connectivity index (χ1n) is 3.12. The molecule has 0 unspecified atom stereocenters. The molecule has 2 N–H and O–H groups in total. The van der Waals surface area contributed by atoms with Gasteiger partial charge in [-0.3, -0.25) is 0 Å². The molecule has 0 bridgehead atoms. The van der Waals surface area contributed by atoms with E-state index in [4.69, 9.17) is 10.2 Å². The average molecular weight is 296 g/mol. The number of hydrogen-bond acceptors (Lipinski definition) is 2. The minimum Gasteiger partial charge on any atom is -0.478 e. The summed E-state index contributed by atoms with van der Waals surface area (Å²) in [5.74, 6) is 2.14. The highest BCUT2D eigenvalue weighted by Gasteiger charge is 1.85. The molecule has 0 aliphatic carbocycles. The molecule has 0 aromatic rings. The first kappa shape index (κ1) is 14.5. The normalized spacial score (nSPS) is 8.69. The van der Waals surface area contributed by atoms with E-state index in [2.05, 4.69) is 5.92 Å². The lowest BCUT2D eigenvalue weighted by Crippen LogP contribution is -1.85. The number of halogens is 1. The number of aliphatic carboxylic acids is 2. The van der Waals surface area contributed by atoms with E-state index in [1.807, 2.05) is 28.5 Å². The Kier molecular flexibility index (Phi) is 10.1. The highest BCUT2D eigenvalue weighted by Crippen LogP contribution is 2.00. The molecule has 5 heteroatoms. The van der Waals surface area contributed by atoms with Crippen molar-refractivity contribution in [3.63, 3.8) is 0 Å². The highest BCUT2D eigenvalue weighted by molar-refractivity contribution is 14.1. The minimum atomic E-state index is -1.07. The summed E-state index contributed by atoms with van der Waals surface area (Å²) in [7, 11) is 0. The Balaban J connectivity index is 0. The molecule has 0 rings (SSSR count). The standard InChI is InChI=1S/C4H5IO2.C4H4O2/c1-3(5)2-4(6)7;1-2-3-4(5)6/h2H,1H3,(H,6,7);1H3,(H,5,6)/b3-2-;. The van der Waals surface area contributed by atoms with E-state index in [9.17, 15) is 9.59 Å². The smallest absolute Gasteiger partial charge is 0.381 e. The van der Waals surface area contributed by atoms with Gasteiger partial charge in [0.05, 0.1) is 0 Å². The van der Waals surface area contributed by atoms with Gasteiger partial charge in [0.25, 0.3) is 0 Å². The van der Waals surface area contributed by atoms with Crippen molar-refractivity contribution < 1.29 is 19.8 Å². The number of carbonyl (C=O) groups is 2. The van der Waals surface area contributed by atoms with Crippen LogP contribution in [0.4, 0.5) is 0 Å². The van der Waals surface area contributed by atoms with E-state index in [0.717, 1.165) is 9.66 Å². The summed E-state index contributed by atoms with van der Waals surface area (Å²) in [6.07, 6.45) is 1.15. The van der Waals surface area contributed by atoms with Crippen LogP contribution in [0.3, 0.4) is 0 Å². The van der Waals surface area contributed by atoms with Crippen LogP contribution in [0.5, 0.6) is 0 Å². The fourth-order valence-corrected chi connectivity index (χ4v) is 0.543. The molecular weight excluding hydrogens is 287 g/mol. The van der Waals surface area contributed by atoms with Gasteiger partial charge in [-0.2, -0.15) is 0 Å². The summed E-state index contributed by atoms with van der Waals surface area (Å²) in [5, 5.41) is 15.7. The van der Waals surface area contributed by atoms with E-state index in [0.29, 0.717) is 0 Å². The molecule has 0 aromatic heterocycles. The van der Waals surface area contributed by atoms with Gasteiger partial charge in [-0.15, -0.1) is 0 Å². The molecule has 4 nitrogen and oxygen atoms in total. The third-order valence-corrected chi connectivity index (χ3v) is 0.866. The van der Waals surface area contributed by atoms with E-state index in [-0.39, 0.29) is 0 Å². The molecule has 0 saturated heterocycles. The summed E-state index contributed by atoms with van der Waals surface area (Å²) < 4.78 is 0.783. The molecule has 0 spiro atoms. The zero-order valence-electron chi connectivity index (χ0n) is 7.17. The third kappa shape index (κ3) is 24.8. The number of rotatable bonds is 1. The van der Waals surface area contributed by atoms with Crippen LogP contribution in [0, 0.1) is 11.8 Å². The summed E-state index contributed by atoms with van der Waals surface area (Å²) >= 11 is 1.94. The van der Waals surface area contributed by atoms with Crippen LogP contribution in [-0.4, -0.2) is 22.2 Å². The Labute approximate surface area is 89.8 Å². The monoisotopic (exact) mass is 296 g/mol. The van der Waals surface area contributed by atoms with Crippen LogP contribution in [0.1, 0.15) is 13.8 Å². The minimum absolute atomic E-state index is 0.783. The van der Waals surface area contributed by atoms with Crippen molar-refractivity contribution in [2.45, 2.75) is 13.8 Å². The maximum absolute atomic E-state index is 9.73. The van der Waals surface area contributed by atoms with Crippen molar-refractivity contribution in [3.8, 4) is 11.8 Å². The molecule has 0 saturated carbocycles. The maximum Gasteiger partial charge on any atom is 0.381 e. The maximum atomic E-state index is 9.73. The van der Waals surface area contributed by atoms with Gasteiger partial charge < -0.3 is 10.2 Å². The average Bonchev–Trinajstić information content (AvgIpc) is 1.83. The molecule has 0 aliphatic heterocycles. The van der Waals surface area contributed by atoms with E-state index in [1.54, 1.807) is 6.92 Å². The summed E-state index contributed by atoms with van der Waals surface area (Å²) in [6.45, 7) is 3.21. The lowest BCUT2D eigenvalue weighted by molar-refractivity contribution is -0.132. The van der Waals surface area contributed by atoms with Crippen LogP contribution in [0.15, 0.2) is 9.66 Å². The molecule has 0 aromatic carbocycles. The van der Waals surface area contributed by atoms with Crippen LogP contribution < -0.4 is 0 Å². The first-order chi connectivity index (χ1) is 5.90. The summed E-state index contributed by atoms with van der Waals surface area (Å²) in [4.78, 5) is 19.2. The molecule has 0 amide bonds. The molecular formula is C8H9IO4.